The molecule has 2 atom stereocenters. The van der Waals surface area contributed by atoms with Gasteiger partial charge in [0, 0.05) is 19.0 Å². The molecule has 1 aromatic carbocycles. The van der Waals surface area contributed by atoms with Gasteiger partial charge in [0.25, 0.3) is 0 Å². The first-order valence-corrected chi connectivity index (χ1v) is 8.15. The molecule has 108 valence electrons. The van der Waals surface area contributed by atoms with Crippen LogP contribution in [0.15, 0.2) is 28.6 Å². The number of aromatic nitrogens is 1. The van der Waals surface area contributed by atoms with Crippen molar-refractivity contribution in [3.05, 3.63) is 24.3 Å². The SMILES string of the molecule is CC(O)CNC(C)CC(=O)Sc1nc2ccccc2s1. The second kappa shape index (κ2) is 7.17. The smallest absolute Gasteiger partial charge is 0.197 e. The Labute approximate surface area is 126 Å². The summed E-state index contributed by atoms with van der Waals surface area (Å²) in [6, 6.07) is 7.93. The first kappa shape index (κ1) is 15.4. The lowest BCUT2D eigenvalue weighted by Gasteiger charge is -2.13. The summed E-state index contributed by atoms with van der Waals surface area (Å²) in [4.78, 5) is 16.4. The standard InChI is InChI=1S/C14H18N2O2S2/c1-9(15-8-10(2)17)7-13(18)20-14-16-11-5-3-4-6-12(11)19-14/h3-6,9-10,15,17H,7-8H2,1-2H3. The van der Waals surface area contributed by atoms with Crippen molar-refractivity contribution in [2.75, 3.05) is 6.54 Å². The van der Waals surface area contributed by atoms with Crippen LogP contribution in [0.4, 0.5) is 0 Å². The van der Waals surface area contributed by atoms with Crippen LogP contribution in [0.5, 0.6) is 0 Å². The van der Waals surface area contributed by atoms with Crippen LogP contribution < -0.4 is 5.32 Å². The Morgan fingerprint density at radius 3 is 2.90 bits per heavy atom. The highest BCUT2D eigenvalue weighted by molar-refractivity contribution is 8.15. The lowest BCUT2D eigenvalue weighted by molar-refractivity contribution is -0.111. The van der Waals surface area contributed by atoms with Gasteiger partial charge in [0.2, 0.25) is 0 Å². The first-order valence-electron chi connectivity index (χ1n) is 6.52. The van der Waals surface area contributed by atoms with Crippen molar-refractivity contribution < 1.29 is 9.90 Å². The van der Waals surface area contributed by atoms with Crippen molar-refractivity contribution in [2.45, 2.75) is 36.8 Å². The van der Waals surface area contributed by atoms with Crippen molar-refractivity contribution in [2.24, 2.45) is 0 Å². The van der Waals surface area contributed by atoms with E-state index < -0.39 is 6.10 Å². The summed E-state index contributed by atoms with van der Waals surface area (Å²) in [5.41, 5.74) is 0.938. The molecule has 0 aliphatic carbocycles. The molecule has 0 aliphatic rings. The predicted molar refractivity (Wildman–Crippen MR) is 84.2 cm³/mol. The number of hydrogen-bond acceptors (Lipinski definition) is 6. The minimum Gasteiger partial charge on any atom is -0.392 e. The minimum absolute atomic E-state index is 0.0546. The third-order valence-corrected chi connectivity index (χ3v) is 4.70. The van der Waals surface area contributed by atoms with E-state index in [1.807, 2.05) is 31.2 Å². The molecule has 4 nitrogen and oxygen atoms in total. The fraction of sp³-hybridized carbons (Fsp3) is 0.429. The molecule has 0 amide bonds. The van der Waals surface area contributed by atoms with Gasteiger partial charge < -0.3 is 10.4 Å². The lowest BCUT2D eigenvalue weighted by Crippen LogP contribution is -2.33. The Kier molecular flexibility index (Phi) is 5.54. The highest BCUT2D eigenvalue weighted by Crippen LogP contribution is 2.30. The highest BCUT2D eigenvalue weighted by atomic mass is 32.2. The number of aliphatic hydroxyl groups is 1. The zero-order valence-corrected chi connectivity index (χ0v) is 13.1. The summed E-state index contributed by atoms with van der Waals surface area (Å²) in [6.45, 7) is 4.16. The number of nitrogens with one attached hydrogen (secondary N) is 1. The van der Waals surface area contributed by atoms with Gasteiger partial charge in [-0.3, -0.25) is 4.79 Å². The number of thioether (sulfide) groups is 1. The normalized spacial score (nSPS) is 14.3. The second-order valence-electron chi connectivity index (χ2n) is 4.78. The van der Waals surface area contributed by atoms with Crippen LogP contribution in [0, 0.1) is 0 Å². The average Bonchev–Trinajstić information content (AvgIpc) is 2.78. The number of rotatable bonds is 6. The number of thiazole rings is 1. The highest BCUT2D eigenvalue weighted by Gasteiger charge is 2.13. The number of carbonyl (C=O) groups excluding carboxylic acids is 1. The number of carbonyl (C=O) groups is 1. The van der Waals surface area contributed by atoms with Gasteiger partial charge >= 0.3 is 0 Å². The quantitative estimate of drug-likeness (QED) is 0.803. The fourth-order valence-electron chi connectivity index (χ4n) is 1.73. The molecule has 1 aromatic heterocycles. The van der Waals surface area contributed by atoms with Crippen molar-refractivity contribution >= 4 is 38.4 Å². The third kappa shape index (κ3) is 4.56. The molecule has 2 rings (SSSR count). The van der Waals surface area contributed by atoms with Gasteiger partial charge in [-0.2, -0.15) is 0 Å². The topological polar surface area (TPSA) is 62.2 Å². The van der Waals surface area contributed by atoms with Crippen molar-refractivity contribution in [1.82, 2.24) is 10.3 Å². The second-order valence-corrected chi connectivity index (χ2v) is 7.12. The van der Waals surface area contributed by atoms with E-state index in [0.29, 0.717) is 13.0 Å². The molecular formula is C14H18N2O2S2. The Morgan fingerprint density at radius 2 is 2.20 bits per heavy atom. The molecule has 0 bridgehead atoms. The summed E-state index contributed by atoms with van der Waals surface area (Å²) in [6.07, 6.45) is 0.0253. The number of benzene rings is 1. The largest absolute Gasteiger partial charge is 0.392 e. The molecule has 1 heterocycles. The molecule has 2 N–H and O–H groups in total. The molecule has 6 heteroatoms. The van der Waals surface area contributed by atoms with Crippen molar-refractivity contribution in [3.63, 3.8) is 0 Å². The van der Waals surface area contributed by atoms with Crippen LogP contribution in [0.2, 0.25) is 0 Å². The zero-order chi connectivity index (χ0) is 14.5. The molecule has 0 saturated heterocycles. The first-order chi connectivity index (χ1) is 9.54. The zero-order valence-electron chi connectivity index (χ0n) is 11.5. The summed E-state index contributed by atoms with van der Waals surface area (Å²) in [5.74, 6) is 0. The van der Waals surface area contributed by atoms with E-state index in [-0.39, 0.29) is 11.2 Å². The Hall–Kier alpha value is -0.950. The van der Waals surface area contributed by atoms with Gasteiger partial charge in [-0.15, -0.1) is 11.3 Å². The fourth-order valence-corrected chi connectivity index (χ4v) is 3.81. The number of nitrogens with zero attached hydrogens (tertiary/aromatic N) is 1. The summed E-state index contributed by atoms with van der Waals surface area (Å²) in [5, 5.41) is 12.4. The Morgan fingerprint density at radius 1 is 1.45 bits per heavy atom. The van der Waals surface area contributed by atoms with Gasteiger partial charge in [0.15, 0.2) is 9.45 Å². The number of hydrogen-bond donors (Lipinski definition) is 2. The maximum atomic E-state index is 12.0. The van der Waals surface area contributed by atoms with Crippen LogP contribution >= 0.6 is 23.1 Å². The number of para-hydroxylation sites is 1. The average molecular weight is 310 g/mol. The maximum absolute atomic E-state index is 12.0. The van der Waals surface area contributed by atoms with Gasteiger partial charge in [0.05, 0.1) is 16.3 Å². The summed E-state index contributed by atoms with van der Waals surface area (Å²) < 4.78 is 1.89. The van der Waals surface area contributed by atoms with Crippen LogP contribution in [-0.2, 0) is 4.79 Å². The van der Waals surface area contributed by atoms with E-state index in [1.54, 1.807) is 18.3 Å². The van der Waals surface area contributed by atoms with Crippen molar-refractivity contribution in [1.29, 1.82) is 0 Å². The van der Waals surface area contributed by atoms with Crippen LogP contribution in [0.25, 0.3) is 10.2 Å². The van der Waals surface area contributed by atoms with E-state index in [1.165, 1.54) is 11.8 Å². The van der Waals surface area contributed by atoms with Gasteiger partial charge in [-0.05, 0) is 37.7 Å². The Bertz CT molecular complexity index is 550. The molecule has 0 fully saturated rings. The monoisotopic (exact) mass is 310 g/mol. The van der Waals surface area contributed by atoms with Gasteiger partial charge in [0.1, 0.15) is 0 Å². The van der Waals surface area contributed by atoms with Crippen LogP contribution in [-0.4, -0.2) is 33.9 Å². The van der Waals surface area contributed by atoms with Gasteiger partial charge in [-0.25, -0.2) is 4.98 Å². The van der Waals surface area contributed by atoms with E-state index in [2.05, 4.69) is 10.3 Å². The summed E-state index contributed by atoms with van der Waals surface area (Å²) >= 11 is 2.74. The molecule has 2 aromatic rings. The van der Waals surface area contributed by atoms with Gasteiger partial charge in [-0.1, -0.05) is 12.1 Å². The molecule has 0 radical (unpaired) electrons. The predicted octanol–water partition coefficient (Wildman–Crippen LogP) is 2.66. The molecule has 20 heavy (non-hydrogen) atoms. The lowest BCUT2D eigenvalue weighted by atomic mass is 10.2. The Balaban J connectivity index is 1.87. The molecule has 0 saturated carbocycles. The van der Waals surface area contributed by atoms with Crippen LogP contribution in [0.3, 0.4) is 0 Å². The van der Waals surface area contributed by atoms with Crippen LogP contribution in [0.1, 0.15) is 20.3 Å². The third-order valence-electron chi connectivity index (χ3n) is 2.71. The minimum atomic E-state index is -0.399. The van der Waals surface area contributed by atoms with Crippen molar-refractivity contribution in [3.8, 4) is 0 Å². The van der Waals surface area contributed by atoms with E-state index >= 15 is 0 Å². The molecular weight excluding hydrogens is 292 g/mol. The number of aliphatic hydroxyl groups excluding tert-OH is 1. The summed E-state index contributed by atoms with van der Waals surface area (Å²) in [7, 11) is 0. The molecule has 2 unspecified atom stereocenters. The number of fused-ring (bicyclic) bond motifs is 1. The molecule has 0 aliphatic heterocycles. The molecule has 0 spiro atoms. The van der Waals surface area contributed by atoms with E-state index in [0.717, 1.165) is 14.6 Å². The van der Waals surface area contributed by atoms with E-state index in [9.17, 15) is 9.90 Å². The van der Waals surface area contributed by atoms with E-state index in [4.69, 9.17) is 0 Å². The maximum Gasteiger partial charge on any atom is 0.197 e.